The van der Waals surface area contributed by atoms with Gasteiger partial charge in [0.2, 0.25) is 5.88 Å². The number of rotatable bonds is 7. The van der Waals surface area contributed by atoms with Crippen LogP contribution in [0.25, 0.3) is 0 Å². The topological polar surface area (TPSA) is 90.9 Å². The van der Waals surface area contributed by atoms with E-state index in [2.05, 4.69) is 15.6 Å². The van der Waals surface area contributed by atoms with Crippen molar-refractivity contribution >= 4 is 6.03 Å². The van der Waals surface area contributed by atoms with Crippen molar-refractivity contribution in [1.82, 2.24) is 15.6 Å². The monoisotopic (exact) mass is 449 g/mol. The average molecular weight is 450 g/mol. The zero-order valence-corrected chi connectivity index (χ0v) is 18.7. The molecule has 1 aliphatic heterocycles. The number of benzene rings is 2. The summed E-state index contributed by atoms with van der Waals surface area (Å²) >= 11 is 0. The molecule has 0 bridgehead atoms. The van der Waals surface area contributed by atoms with Crippen molar-refractivity contribution in [1.29, 1.82) is 0 Å². The van der Waals surface area contributed by atoms with E-state index in [1.54, 1.807) is 25.4 Å². The SMILES string of the molecule is COc1cccc(Oc2ccc(CNC(=O)NC(C)c3ccc4c(c3)OCCCO4)cn2)c1. The predicted octanol–water partition coefficient (Wildman–Crippen LogP) is 4.60. The van der Waals surface area contributed by atoms with Crippen LogP contribution in [0.15, 0.2) is 60.8 Å². The van der Waals surface area contributed by atoms with Crippen molar-refractivity contribution in [2.24, 2.45) is 0 Å². The third kappa shape index (κ3) is 6.06. The van der Waals surface area contributed by atoms with Crippen molar-refractivity contribution in [2.75, 3.05) is 20.3 Å². The molecule has 0 aliphatic carbocycles. The van der Waals surface area contributed by atoms with E-state index < -0.39 is 0 Å². The van der Waals surface area contributed by atoms with E-state index in [9.17, 15) is 4.79 Å². The third-order valence-electron chi connectivity index (χ3n) is 5.13. The van der Waals surface area contributed by atoms with Crippen LogP contribution in [0.1, 0.15) is 30.5 Å². The number of methoxy groups -OCH3 is 1. The molecule has 2 amide bonds. The number of ether oxygens (including phenoxy) is 4. The molecule has 8 nitrogen and oxygen atoms in total. The minimum absolute atomic E-state index is 0.195. The van der Waals surface area contributed by atoms with Crippen LogP contribution in [-0.4, -0.2) is 31.3 Å². The second-order valence-corrected chi connectivity index (χ2v) is 7.59. The number of urea groups is 1. The second kappa shape index (κ2) is 10.6. The van der Waals surface area contributed by atoms with Crippen molar-refractivity contribution in [2.45, 2.75) is 25.9 Å². The average Bonchev–Trinajstić information content (AvgIpc) is 3.08. The quantitative estimate of drug-likeness (QED) is 0.548. The van der Waals surface area contributed by atoms with E-state index in [4.69, 9.17) is 18.9 Å². The Balaban J connectivity index is 1.27. The lowest BCUT2D eigenvalue weighted by atomic mass is 10.1. The second-order valence-electron chi connectivity index (χ2n) is 7.59. The Hall–Kier alpha value is -3.94. The van der Waals surface area contributed by atoms with Crippen molar-refractivity contribution < 1.29 is 23.7 Å². The molecule has 3 aromatic rings. The van der Waals surface area contributed by atoms with E-state index in [-0.39, 0.29) is 12.1 Å². The van der Waals surface area contributed by atoms with Crippen LogP contribution < -0.4 is 29.6 Å². The molecular weight excluding hydrogens is 422 g/mol. The zero-order valence-electron chi connectivity index (χ0n) is 18.7. The molecule has 172 valence electrons. The Morgan fingerprint density at radius 2 is 1.88 bits per heavy atom. The predicted molar refractivity (Wildman–Crippen MR) is 123 cm³/mol. The summed E-state index contributed by atoms with van der Waals surface area (Å²) in [6, 6.07) is 16.2. The Morgan fingerprint density at radius 1 is 1.06 bits per heavy atom. The lowest BCUT2D eigenvalue weighted by Crippen LogP contribution is -2.36. The molecule has 1 aliphatic rings. The number of aromatic nitrogens is 1. The molecule has 4 rings (SSSR count). The lowest BCUT2D eigenvalue weighted by Gasteiger charge is -2.17. The summed E-state index contributed by atoms with van der Waals surface area (Å²) in [5, 5.41) is 5.79. The van der Waals surface area contributed by atoms with Gasteiger partial charge in [-0.1, -0.05) is 18.2 Å². The lowest BCUT2D eigenvalue weighted by molar-refractivity contribution is 0.237. The summed E-state index contributed by atoms with van der Waals surface area (Å²) in [5.41, 5.74) is 1.79. The number of amides is 2. The number of carbonyl (C=O) groups is 1. The molecule has 1 unspecified atom stereocenters. The van der Waals surface area contributed by atoms with Crippen LogP contribution in [-0.2, 0) is 6.54 Å². The highest BCUT2D eigenvalue weighted by atomic mass is 16.5. The number of nitrogens with one attached hydrogen (secondary N) is 2. The van der Waals surface area contributed by atoms with Crippen LogP contribution in [0, 0.1) is 0 Å². The maximum Gasteiger partial charge on any atom is 0.315 e. The van der Waals surface area contributed by atoms with Gasteiger partial charge in [0.25, 0.3) is 0 Å². The maximum atomic E-state index is 12.4. The van der Waals surface area contributed by atoms with Gasteiger partial charge in [-0.15, -0.1) is 0 Å². The van der Waals surface area contributed by atoms with E-state index in [0.717, 1.165) is 23.3 Å². The third-order valence-corrected chi connectivity index (χ3v) is 5.13. The van der Waals surface area contributed by atoms with Gasteiger partial charge in [0, 0.05) is 31.3 Å². The normalized spacial score (nSPS) is 13.4. The highest BCUT2D eigenvalue weighted by molar-refractivity contribution is 5.74. The van der Waals surface area contributed by atoms with E-state index in [1.165, 1.54) is 0 Å². The molecule has 0 fully saturated rings. The first-order chi connectivity index (χ1) is 16.1. The summed E-state index contributed by atoms with van der Waals surface area (Å²) in [6.45, 7) is 3.53. The number of fused-ring (bicyclic) bond motifs is 1. The number of hydrogen-bond donors (Lipinski definition) is 2. The molecular formula is C25H27N3O5. The maximum absolute atomic E-state index is 12.4. The van der Waals surface area contributed by atoms with Gasteiger partial charge < -0.3 is 29.6 Å². The highest BCUT2D eigenvalue weighted by Crippen LogP contribution is 2.32. The first kappa shape index (κ1) is 22.3. The zero-order chi connectivity index (χ0) is 23.0. The van der Waals surface area contributed by atoms with Crippen molar-refractivity contribution in [3.63, 3.8) is 0 Å². The molecule has 1 aromatic heterocycles. The standard InChI is InChI=1S/C25H27N3O5/c1-17(19-8-9-22-23(13-19)32-12-4-11-31-22)28-25(29)27-16-18-7-10-24(26-15-18)33-21-6-3-5-20(14-21)30-2/h3,5-10,13-15,17H,4,11-12,16H2,1-2H3,(H2,27,28,29). The summed E-state index contributed by atoms with van der Waals surface area (Å²) in [4.78, 5) is 16.7. The fourth-order valence-electron chi connectivity index (χ4n) is 3.32. The van der Waals surface area contributed by atoms with Crippen LogP contribution >= 0.6 is 0 Å². The minimum atomic E-state index is -0.272. The molecule has 33 heavy (non-hydrogen) atoms. The number of hydrogen-bond acceptors (Lipinski definition) is 6. The van der Waals surface area contributed by atoms with Gasteiger partial charge in [-0.3, -0.25) is 0 Å². The Kier molecular flexibility index (Phi) is 7.14. The van der Waals surface area contributed by atoms with Crippen molar-refractivity contribution in [3.05, 3.63) is 71.9 Å². The first-order valence-electron chi connectivity index (χ1n) is 10.8. The Morgan fingerprint density at radius 3 is 2.67 bits per heavy atom. The molecule has 0 saturated carbocycles. The Labute approximate surface area is 192 Å². The van der Waals surface area contributed by atoms with Crippen molar-refractivity contribution in [3.8, 4) is 28.9 Å². The fraction of sp³-hybridized carbons (Fsp3) is 0.280. The fourth-order valence-corrected chi connectivity index (χ4v) is 3.32. The van der Waals surface area contributed by atoms with Crippen LogP contribution in [0.5, 0.6) is 28.9 Å². The summed E-state index contributed by atoms with van der Waals surface area (Å²) in [6.07, 6.45) is 2.52. The van der Waals surface area contributed by atoms with Gasteiger partial charge >= 0.3 is 6.03 Å². The number of nitrogens with zero attached hydrogens (tertiary/aromatic N) is 1. The van der Waals surface area contributed by atoms with Gasteiger partial charge in [-0.2, -0.15) is 0 Å². The van der Waals surface area contributed by atoms with Crippen LogP contribution in [0.2, 0.25) is 0 Å². The van der Waals surface area contributed by atoms with Gasteiger partial charge in [0.15, 0.2) is 11.5 Å². The smallest absolute Gasteiger partial charge is 0.315 e. The molecule has 2 aromatic carbocycles. The van der Waals surface area contributed by atoms with E-state index in [1.807, 2.05) is 49.4 Å². The van der Waals surface area contributed by atoms with E-state index in [0.29, 0.717) is 42.9 Å². The summed E-state index contributed by atoms with van der Waals surface area (Å²) < 4.78 is 22.3. The molecule has 2 heterocycles. The van der Waals surface area contributed by atoms with Gasteiger partial charge in [0.1, 0.15) is 11.5 Å². The van der Waals surface area contributed by atoms with E-state index >= 15 is 0 Å². The first-order valence-corrected chi connectivity index (χ1v) is 10.8. The van der Waals surface area contributed by atoms with Crippen LogP contribution in [0.4, 0.5) is 4.79 Å². The highest BCUT2D eigenvalue weighted by Gasteiger charge is 2.15. The van der Waals surface area contributed by atoms with Crippen LogP contribution in [0.3, 0.4) is 0 Å². The molecule has 0 radical (unpaired) electrons. The molecule has 0 spiro atoms. The minimum Gasteiger partial charge on any atom is -0.497 e. The van der Waals surface area contributed by atoms with Gasteiger partial charge in [0.05, 0.1) is 26.4 Å². The van der Waals surface area contributed by atoms with Gasteiger partial charge in [-0.25, -0.2) is 9.78 Å². The molecule has 1 atom stereocenters. The number of carbonyl (C=O) groups excluding carboxylic acids is 1. The summed E-state index contributed by atoms with van der Waals surface area (Å²) in [5.74, 6) is 3.25. The Bertz CT molecular complexity index is 1090. The number of pyridine rings is 1. The van der Waals surface area contributed by atoms with Gasteiger partial charge in [-0.05, 0) is 42.3 Å². The largest absolute Gasteiger partial charge is 0.497 e. The molecule has 8 heteroatoms. The molecule has 0 saturated heterocycles. The molecule has 2 N–H and O–H groups in total. The summed E-state index contributed by atoms with van der Waals surface area (Å²) in [7, 11) is 1.60.